The molecule has 0 bridgehead atoms. The predicted molar refractivity (Wildman–Crippen MR) is 71.8 cm³/mol. The van der Waals surface area contributed by atoms with Crippen LogP contribution in [0.15, 0.2) is 0 Å². The zero-order chi connectivity index (χ0) is 13.0. The van der Waals surface area contributed by atoms with Crippen molar-refractivity contribution in [2.45, 2.75) is 46.1 Å². The van der Waals surface area contributed by atoms with E-state index in [0.717, 1.165) is 30.5 Å². The van der Waals surface area contributed by atoms with Crippen molar-refractivity contribution >= 4 is 11.6 Å². The average molecular weight is 259 g/mol. The summed E-state index contributed by atoms with van der Waals surface area (Å²) in [4.78, 5) is 0. The van der Waals surface area contributed by atoms with Crippen LogP contribution in [0.4, 0.5) is 0 Å². The number of nitrogens with two attached hydrogens (primary N) is 1. The van der Waals surface area contributed by atoms with Gasteiger partial charge in [-0.25, -0.2) is 0 Å². The van der Waals surface area contributed by atoms with Crippen LogP contribution in [0.1, 0.15) is 37.9 Å². The Kier molecular flexibility index (Phi) is 5.43. The molecule has 5 heteroatoms. The van der Waals surface area contributed by atoms with Gasteiger partial charge in [-0.2, -0.15) is 5.10 Å². The highest BCUT2D eigenvalue weighted by Crippen LogP contribution is 2.24. The van der Waals surface area contributed by atoms with Crippen LogP contribution in [-0.2, 0) is 13.5 Å². The minimum atomic E-state index is 0.255. The number of rotatable bonds is 6. The first kappa shape index (κ1) is 14.5. The summed E-state index contributed by atoms with van der Waals surface area (Å²) in [5, 5.41) is 5.04. The number of hydrogen-bond donors (Lipinski definition) is 2. The SMILES string of the molecule is CCC(CC)C(Cc1c(C)nn(C)c1Cl)NN. The Balaban J connectivity index is 2.87. The zero-order valence-electron chi connectivity index (χ0n) is 11.1. The van der Waals surface area contributed by atoms with Crippen LogP contribution in [-0.4, -0.2) is 15.8 Å². The van der Waals surface area contributed by atoms with Crippen LogP contribution < -0.4 is 11.3 Å². The van der Waals surface area contributed by atoms with E-state index in [1.165, 1.54) is 0 Å². The predicted octanol–water partition coefficient (Wildman–Crippen LogP) is 2.19. The van der Waals surface area contributed by atoms with Gasteiger partial charge in [-0.1, -0.05) is 38.3 Å². The lowest BCUT2D eigenvalue weighted by Crippen LogP contribution is -2.42. The normalized spacial score (nSPS) is 13.4. The molecular formula is C12H23ClN4. The third-order valence-electron chi connectivity index (χ3n) is 3.53. The number of aryl methyl sites for hydroxylation is 2. The van der Waals surface area contributed by atoms with Crippen molar-refractivity contribution in [1.29, 1.82) is 0 Å². The summed E-state index contributed by atoms with van der Waals surface area (Å²) in [6.07, 6.45) is 3.06. The van der Waals surface area contributed by atoms with Gasteiger partial charge in [0.1, 0.15) is 5.15 Å². The zero-order valence-corrected chi connectivity index (χ0v) is 11.9. The lowest BCUT2D eigenvalue weighted by Gasteiger charge is -2.24. The number of nitrogens with one attached hydrogen (secondary N) is 1. The maximum atomic E-state index is 6.24. The lowest BCUT2D eigenvalue weighted by atomic mass is 9.90. The summed E-state index contributed by atoms with van der Waals surface area (Å²) in [5.41, 5.74) is 5.01. The molecule has 0 aliphatic rings. The van der Waals surface area contributed by atoms with Gasteiger partial charge >= 0.3 is 0 Å². The van der Waals surface area contributed by atoms with E-state index in [-0.39, 0.29) is 6.04 Å². The molecule has 0 aliphatic heterocycles. The highest BCUT2D eigenvalue weighted by Gasteiger charge is 2.21. The average Bonchev–Trinajstić information content (AvgIpc) is 2.55. The van der Waals surface area contributed by atoms with E-state index < -0.39 is 0 Å². The molecule has 4 nitrogen and oxygen atoms in total. The fraction of sp³-hybridized carbons (Fsp3) is 0.750. The van der Waals surface area contributed by atoms with Crippen LogP contribution >= 0.6 is 11.6 Å². The fourth-order valence-electron chi connectivity index (χ4n) is 2.35. The highest BCUT2D eigenvalue weighted by molar-refractivity contribution is 6.30. The molecule has 1 unspecified atom stereocenters. The Morgan fingerprint density at radius 1 is 1.41 bits per heavy atom. The number of hydrazine groups is 1. The molecule has 1 atom stereocenters. The van der Waals surface area contributed by atoms with Gasteiger partial charge in [0.15, 0.2) is 0 Å². The van der Waals surface area contributed by atoms with E-state index in [2.05, 4.69) is 24.4 Å². The largest absolute Gasteiger partial charge is 0.271 e. The van der Waals surface area contributed by atoms with E-state index in [1.807, 2.05) is 14.0 Å². The molecular weight excluding hydrogens is 236 g/mol. The molecule has 1 rings (SSSR count). The first-order valence-electron chi connectivity index (χ1n) is 6.19. The molecule has 0 saturated heterocycles. The van der Waals surface area contributed by atoms with Gasteiger partial charge in [-0.15, -0.1) is 0 Å². The summed E-state index contributed by atoms with van der Waals surface area (Å²) in [5.74, 6) is 6.22. The first-order valence-corrected chi connectivity index (χ1v) is 6.56. The van der Waals surface area contributed by atoms with Crippen molar-refractivity contribution in [2.75, 3.05) is 0 Å². The summed E-state index contributed by atoms with van der Waals surface area (Å²) >= 11 is 6.24. The Morgan fingerprint density at radius 2 is 2.00 bits per heavy atom. The van der Waals surface area contributed by atoms with Crippen LogP contribution in [0, 0.1) is 12.8 Å². The van der Waals surface area contributed by atoms with Gasteiger partial charge in [0.25, 0.3) is 0 Å². The van der Waals surface area contributed by atoms with Crippen molar-refractivity contribution in [3.8, 4) is 0 Å². The fourth-order valence-corrected chi connectivity index (χ4v) is 2.60. The highest BCUT2D eigenvalue weighted by atomic mass is 35.5. The van der Waals surface area contributed by atoms with Gasteiger partial charge in [-0.3, -0.25) is 16.0 Å². The van der Waals surface area contributed by atoms with Gasteiger partial charge in [0.2, 0.25) is 0 Å². The standard InChI is InChI=1S/C12H23ClN4/c1-5-9(6-2)11(15-14)7-10-8(3)16-17(4)12(10)13/h9,11,15H,5-7,14H2,1-4H3. The van der Waals surface area contributed by atoms with E-state index in [4.69, 9.17) is 17.4 Å². The van der Waals surface area contributed by atoms with E-state index >= 15 is 0 Å². The molecule has 1 aromatic rings. The Morgan fingerprint density at radius 3 is 2.35 bits per heavy atom. The molecule has 0 aromatic carbocycles. The minimum absolute atomic E-state index is 0.255. The van der Waals surface area contributed by atoms with E-state index in [0.29, 0.717) is 11.1 Å². The maximum absolute atomic E-state index is 6.24. The topological polar surface area (TPSA) is 55.9 Å². The van der Waals surface area contributed by atoms with Gasteiger partial charge < -0.3 is 0 Å². The van der Waals surface area contributed by atoms with E-state index in [9.17, 15) is 0 Å². The second kappa shape index (κ2) is 6.38. The first-order chi connectivity index (χ1) is 8.04. The molecule has 0 amide bonds. The third kappa shape index (κ3) is 3.21. The van der Waals surface area contributed by atoms with E-state index in [1.54, 1.807) is 4.68 Å². The second-order valence-corrected chi connectivity index (χ2v) is 4.89. The smallest absolute Gasteiger partial charge is 0.130 e. The van der Waals surface area contributed by atoms with Crippen LogP contribution in [0.3, 0.4) is 0 Å². The molecule has 0 saturated carbocycles. The van der Waals surface area contributed by atoms with Crippen LogP contribution in [0.25, 0.3) is 0 Å². The Hall–Kier alpha value is -0.580. The molecule has 0 aliphatic carbocycles. The lowest BCUT2D eigenvalue weighted by molar-refractivity contribution is 0.335. The molecule has 1 heterocycles. The maximum Gasteiger partial charge on any atom is 0.130 e. The monoisotopic (exact) mass is 258 g/mol. The summed E-state index contributed by atoms with van der Waals surface area (Å²) < 4.78 is 1.71. The second-order valence-electron chi connectivity index (χ2n) is 4.53. The van der Waals surface area contributed by atoms with Crippen molar-refractivity contribution in [3.63, 3.8) is 0 Å². The van der Waals surface area contributed by atoms with Crippen molar-refractivity contribution in [1.82, 2.24) is 15.2 Å². The molecule has 3 N–H and O–H groups in total. The molecule has 17 heavy (non-hydrogen) atoms. The minimum Gasteiger partial charge on any atom is -0.271 e. The van der Waals surface area contributed by atoms with Crippen LogP contribution in [0.2, 0.25) is 5.15 Å². The number of aromatic nitrogens is 2. The molecule has 0 fully saturated rings. The van der Waals surface area contributed by atoms with Crippen molar-refractivity contribution < 1.29 is 0 Å². The quantitative estimate of drug-likeness (QED) is 0.608. The third-order valence-corrected chi connectivity index (χ3v) is 4.00. The number of nitrogens with zero attached hydrogens (tertiary/aromatic N) is 2. The summed E-state index contributed by atoms with van der Waals surface area (Å²) in [6.45, 7) is 6.37. The van der Waals surface area contributed by atoms with Crippen LogP contribution in [0.5, 0.6) is 0 Å². The Labute approximate surface area is 108 Å². The molecule has 0 spiro atoms. The number of hydrogen-bond acceptors (Lipinski definition) is 3. The van der Waals surface area contributed by atoms with Gasteiger partial charge in [0, 0.05) is 18.7 Å². The van der Waals surface area contributed by atoms with Crippen molar-refractivity contribution in [2.24, 2.45) is 18.8 Å². The molecule has 1 aromatic heterocycles. The van der Waals surface area contributed by atoms with Crippen molar-refractivity contribution in [3.05, 3.63) is 16.4 Å². The molecule has 0 radical (unpaired) electrons. The van der Waals surface area contributed by atoms with Gasteiger partial charge in [0.05, 0.1) is 5.69 Å². The summed E-state index contributed by atoms with van der Waals surface area (Å²) in [6, 6.07) is 0.255. The summed E-state index contributed by atoms with van der Waals surface area (Å²) in [7, 11) is 1.86. The number of halogens is 1. The Bertz CT molecular complexity index is 358. The molecule has 98 valence electrons. The van der Waals surface area contributed by atoms with Gasteiger partial charge in [-0.05, 0) is 19.3 Å².